The van der Waals surface area contributed by atoms with Gasteiger partial charge < -0.3 is 18.9 Å². The van der Waals surface area contributed by atoms with Crippen molar-refractivity contribution in [3.63, 3.8) is 0 Å². The Balaban J connectivity index is 0.000000288. The molecular weight excluding hydrogens is 680 g/mol. The van der Waals surface area contributed by atoms with E-state index in [1.165, 1.54) is 23.4 Å². The molecule has 0 radical (unpaired) electrons. The van der Waals surface area contributed by atoms with Crippen LogP contribution in [0.4, 0.5) is 15.8 Å². The van der Waals surface area contributed by atoms with Crippen molar-refractivity contribution in [1.29, 1.82) is 0 Å². The molecule has 0 amide bonds. The molecule has 0 fully saturated rings. The second-order valence-electron chi connectivity index (χ2n) is 9.36. The first-order valence-corrected chi connectivity index (χ1v) is 16.3. The summed E-state index contributed by atoms with van der Waals surface area (Å²) in [6.45, 7) is 2.84. The highest BCUT2D eigenvalue weighted by Gasteiger charge is 2.18. The predicted molar refractivity (Wildman–Crippen MR) is 186 cm³/mol. The van der Waals surface area contributed by atoms with Crippen LogP contribution < -0.4 is 9.47 Å². The summed E-state index contributed by atoms with van der Waals surface area (Å²) < 4.78 is 32.3. The number of thioether (sulfide) groups is 1. The van der Waals surface area contributed by atoms with Gasteiger partial charge in [-0.15, -0.1) is 11.8 Å². The van der Waals surface area contributed by atoms with Crippen LogP contribution >= 0.6 is 24.4 Å². The minimum Gasteiger partial charge on any atom is -0.475 e. The third kappa shape index (κ3) is 15.5. The van der Waals surface area contributed by atoms with Crippen LogP contribution in [0.5, 0.6) is 11.5 Å². The molecule has 4 aromatic rings. The number of esters is 2. The van der Waals surface area contributed by atoms with E-state index in [0.717, 1.165) is 40.2 Å². The summed E-state index contributed by atoms with van der Waals surface area (Å²) in [7, 11) is 0. The highest BCUT2D eigenvalue weighted by atomic mass is 32.2. The number of nitrogens with zero attached hydrogens (tertiary/aromatic N) is 2. The molecule has 15 heteroatoms. The lowest BCUT2D eigenvalue weighted by Gasteiger charge is -2.08. The lowest BCUT2D eigenvalue weighted by Crippen LogP contribution is -2.15. The van der Waals surface area contributed by atoms with E-state index in [-0.39, 0.29) is 37.0 Å². The number of nitro groups is 2. The van der Waals surface area contributed by atoms with Crippen LogP contribution in [0.25, 0.3) is 0 Å². The van der Waals surface area contributed by atoms with Crippen LogP contribution in [0.1, 0.15) is 25.0 Å². The zero-order chi connectivity index (χ0) is 36.0. The molecular formula is C34H35FN2O10S2. The summed E-state index contributed by atoms with van der Waals surface area (Å²) in [5, 5.41) is 21.7. The van der Waals surface area contributed by atoms with Crippen LogP contribution in [0, 0.1) is 26.0 Å². The summed E-state index contributed by atoms with van der Waals surface area (Å²) >= 11 is 5.64. The lowest BCUT2D eigenvalue weighted by atomic mass is 10.2. The van der Waals surface area contributed by atoms with Gasteiger partial charge in [-0.25, -0.2) is 14.0 Å². The molecule has 0 heterocycles. The number of hydrogen-bond acceptors (Lipinski definition) is 12. The molecule has 0 unspecified atom stereocenters. The normalized spacial score (nSPS) is 9.88. The fraction of sp³-hybridized carbons (Fsp3) is 0.235. The van der Waals surface area contributed by atoms with E-state index >= 15 is 0 Å². The van der Waals surface area contributed by atoms with Gasteiger partial charge >= 0.3 is 23.3 Å². The molecule has 12 nitrogen and oxygen atoms in total. The summed E-state index contributed by atoms with van der Waals surface area (Å²) in [6, 6.07) is 27.4. The molecule has 0 aliphatic carbocycles. The number of carbonyl (C=O) groups excluding carboxylic acids is 2. The largest absolute Gasteiger partial charge is 0.475 e. The van der Waals surface area contributed by atoms with Crippen molar-refractivity contribution < 1.29 is 42.8 Å². The zero-order valence-electron chi connectivity index (χ0n) is 26.7. The highest BCUT2D eigenvalue weighted by molar-refractivity contribution is 7.98. The quantitative estimate of drug-likeness (QED) is 0.0450. The molecule has 0 bridgehead atoms. The van der Waals surface area contributed by atoms with Crippen LogP contribution in [-0.2, 0) is 30.6 Å². The van der Waals surface area contributed by atoms with Crippen molar-refractivity contribution in [3.05, 3.63) is 134 Å². The Labute approximate surface area is 292 Å². The average molecular weight is 715 g/mol. The monoisotopic (exact) mass is 714 g/mol. The zero-order valence-corrected chi connectivity index (χ0v) is 28.4. The summed E-state index contributed by atoms with van der Waals surface area (Å²) in [4.78, 5) is 43.6. The van der Waals surface area contributed by atoms with Gasteiger partial charge in [-0.05, 0) is 37.1 Å². The first-order chi connectivity index (χ1) is 23.6. The fourth-order valence-corrected chi connectivity index (χ4v) is 4.70. The molecule has 0 atom stereocenters. The van der Waals surface area contributed by atoms with Gasteiger partial charge in [0.15, 0.2) is 19.0 Å². The molecule has 0 aliphatic heterocycles. The number of thiol groups is 1. The Bertz CT molecular complexity index is 1650. The van der Waals surface area contributed by atoms with Crippen LogP contribution in [0.3, 0.4) is 0 Å². The molecule has 0 spiro atoms. The second kappa shape index (κ2) is 22.4. The van der Waals surface area contributed by atoms with Crippen molar-refractivity contribution >= 4 is 47.7 Å². The summed E-state index contributed by atoms with van der Waals surface area (Å²) in [5.74, 6) is -0.597. The topological polar surface area (TPSA) is 157 Å². The van der Waals surface area contributed by atoms with Crippen LogP contribution in [0.2, 0.25) is 0 Å². The SMILES string of the molecule is CCOC(=O)COc1cc(F)ccc1[N+](=O)[O-].CCOC(=O)COc1cc(SCc2ccccc2)ccc1[N+](=O)[O-].SCc1ccccc1. The van der Waals surface area contributed by atoms with Crippen molar-refractivity contribution in [2.45, 2.75) is 30.2 Å². The van der Waals surface area contributed by atoms with Gasteiger partial charge in [0.2, 0.25) is 5.75 Å². The van der Waals surface area contributed by atoms with Crippen molar-refractivity contribution in [1.82, 2.24) is 0 Å². The molecule has 260 valence electrons. The molecule has 0 saturated carbocycles. The third-order valence-electron chi connectivity index (χ3n) is 5.82. The molecule has 0 saturated heterocycles. The van der Waals surface area contributed by atoms with E-state index in [2.05, 4.69) is 29.5 Å². The Morgan fingerprint density at radius 1 is 0.714 bits per heavy atom. The number of benzene rings is 4. The van der Waals surface area contributed by atoms with E-state index in [0.29, 0.717) is 0 Å². The Morgan fingerprint density at radius 2 is 1.18 bits per heavy atom. The minimum atomic E-state index is -0.722. The number of hydrogen-bond donors (Lipinski definition) is 1. The number of carbonyl (C=O) groups is 2. The maximum absolute atomic E-state index is 12.9. The molecule has 4 rings (SSSR count). The standard InChI is InChI=1S/C17H17NO5S.C10H10FNO5.C7H8S/c1-2-22-17(19)11-23-16-10-14(8-9-15(16)18(20)21)24-12-13-6-4-3-5-7-13;1-2-16-10(13)6-17-9-5-7(11)3-4-8(9)12(14)15;8-6-7-4-2-1-3-5-7/h3-10H,2,11-12H2,1H3;3-5H,2,6H2,1H3;1-5,8H,6H2. The Kier molecular flexibility index (Phi) is 18.3. The Hall–Kier alpha value is -5.15. The van der Waals surface area contributed by atoms with Gasteiger partial charge in [-0.2, -0.15) is 12.6 Å². The van der Waals surface area contributed by atoms with Crippen LogP contribution in [0.15, 0.2) is 102 Å². The minimum absolute atomic E-state index is 0.0612. The van der Waals surface area contributed by atoms with E-state index in [9.17, 15) is 34.2 Å². The fourth-order valence-electron chi connectivity index (χ4n) is 3.61. The van der Waals surface area contributed by atoms with Gasteiger partial charge in [0, 0.05) is 40.7 Å². The summed E-state index contributed by atoms with van der Waals surface area (Å²) in [5.41, 5.74) is 1.84. The smallest absolute Gasteiger partial charge is 0.344 e. The maximum atomic E-state index is 12.9. The van der Waals surface area contributed by atoms with Gasteiger partial charge in [0.25, 0.3) is 0 Å². The van der Waals surface area contributed by atoms with Crippen molar-refractivity contribution in [2.75, 3.05) is 26.4 Å². The number of nitro benzene ring substituents is 2. The molecule has 0 N–H and O–H groups in total. The average Bonchev–Trinajstić information content (AvgIpc) is 3.10. The van der Waals surface area contributed by atoms with Gasteiger partial charge in [-0.1, -0.05) is 60.7 Å². The summed E-state index contributed by atoms with van der Waals surface area (Å²) in [6.07, 6.45) is 0. The second-order valence-corrected chi connectivity index (χ2v) is 10.7. The molecule has 0 aromatic heterocycles. The van der Waals surface area contributed by atoms with Crippen LogP contribution in [-0.4, -0.2) is 48.2 Å². The van der Waals surface area contributed by atoms with Crippen molar-refractivity contribution in [2.24, 2.45) is 0 Å². The lowest BCUT2D eigenvalue weighted by molar-refractivity contribution is -0.386. The third-order valence-corrected chi connectivity index (χ3v) is 7.25. The maximum Gasteiger partial charge on any atom is 0.344 e. The van der Waals surface area contributed by atoms with Gasteiger partial charge in [-0.3, -0.25) is 20.2 Å². The first-order valence-electron chi connectivity index (χ1n) is 14.7. The molecule has 4 aromatic carbocycles. The number of halogens is 1. The van der Waals surface area contributed by atoms with Gasteiger partial charge in [0.1, 0.15) is 5.82 Å². The number of ether oxygens (including phenoxy) is 4. The molecule has 0 aliphatic rings. The van der Waals surface area contributed by atoms with E-state index < -0.39 is 39.9 Å². The van der Waals surface area contributed by atoms with E-state index in [1.54, 1.807) is 26.0 Å². The Morgan fingerprint density at radius 3 is 1.63 bits per heavy atom. The van der Waals surface area contributed by atoms with Gasteiger partial charge in [0.05, 0.1) is 23.1 Å². The van der Waals surface area contributed by atoms with Crippen molar-refractivity contribution in [3.8, 4) is 11.5 Å². The number of rotatable bonds is 14. The van der Waals surface area contributed by atoms with E-state index in [4.69, 9.17) is 14.2 Å². The predicted octanol–water partition coefficient (Wildman–Crippen LogP) is 7.62. The first kappa shape index (κ1) is 40.0. The highest BCUT2D eigenvalue weighted by Crippen LogP contribution is 2.33. The van der Waals surface area contributed by atoms with E-state index in [1.807, 2.05) is 48.5 Å². The molecule has 49 heavy (non-hydrogen) atoms.